The lowest BCUT2D eigenvalue weighted by atomic mass is 9.90. The van der Waals surface area contributed by atoms with Crippen molar-refractivity contribution in [2.45, 2.75) is 18.8 Å². The molecule has 6 rings (SSSR count). The standard InChI is InChI=1S/C32H25NO5/c1-37-29-12-6-7-21-18-30(38-32(21)29)28(34)17-22(19-31(35)36)20-13-15-23(16-14-20)33-26-10-4-2-8-24(26)25-9-3-5-11-27(25)33/h2-16,18,22H,17,19H2,1H3,(H,35,36). The highest BCUT2D eigenvalue weighted by Crippen LogP contribution is 2.34. The molecular formula is C32H25NO5. The summed E-state index contributed by atoms with van der Waals surface area (Å²) in [6, 6.07) is 31.5. The quantitative estimate of drug-likeness (QED) is 0.219. The molecule has 0 fully saturated rings. The van der Waals surface area contributed by atoms with Gasteiger partial charge in [-0.15, -0.1) is 0 Å². The Morgan fingerprint density at radius 3 is 2.13 bits per heavy atom. The molecule has 1 atom stereocenters. The number of aliphatic carboxylic acids is 1. The molecule has 6 nitrogen and oxygen atoms in total. The maximum atomic E-state index is 13.2. The Labute approximate surface area is 218 Å². The number of carbonyl (C=O) groups excluding carboxylic acids is 1. The fraction of sp³-hybridized carbons (Fsp3) is 0.125. The molecule has 0 saturated carbocycles. The Morgan fingerprint density at radius 2 is 1.50 bits per heavy atom. The highest BCUT2D eigenvalue weighted by atomic mass is 16.5. The summed E-state index contributed by atoms with van der Waals surface area (Å²) in [5.41, 5.74) is 4.46. The van der Waals surface area contributed by atoms with Gasteiger partial charge < -0.3 is 18.8 Å². The lowest BCUT2D eigenvalue weighted by Gasteiger charge is -2.15. The van der Waals surface area contributed by atoms with Gasteiger partial charge >= 0.3 is 5.97 Å². The van der Waals surface area contributed by atoms with E-state index in [1.54, 1.807) is 19.2 Å². The monoisotopic (exact) mass is 503 g/mol. The average Bonchev–Trinajstić information content (AvgIpc) is 3.52. The predicted molar refractivity (Wildman–Crippen MR) is 147 cm³/mol. The summed E-state index contributed by atoms with van der Waals surface area (Å²) in [5, 5.41) is 12.7. The van der Waals surface area contributed by atoms with E-state index in [0.717, 1.165) is 27.7 Å². The van der Waals surface area contributed by atoms with Crippen molar-refractivity contribution in [2.75, 3.05) is 7.11 Å². The molecule has 0 radical (unpaired) electrons. The first kappa shape index (κ1) is 23.6. The van der Waals surface area contributed by atoms with Crippen molar-refractivity contribution in [1.29, 1.82) is 0 Å². The van der Waals surface area contributed by atoms with Crippen LogP contribution in [-0.2, 0) is 4.79 Å². The summed E-state index contributed by atoms with van der Waals surface area (Å²) in [4.78, 5) is 24.9. The van der Waals surface area contributed by atoms with E-state index in [0.29, 0.717) is 11.3 Å². The number of hydrogen-bond donors (Lipinski definition) is 1. The third kappa shape index (κ3) is 4.10. The van der Waals surface area contributed by atoms with Gasteiger partial charge in [0.1, 0.15) is 0 Å². The van der Waals surface area contributed by atoms with Gasteiger partial charge in [0.05, 0.1) is 24.6 Å². The Kier molecular flexibility index (Phi) is 5.92. The first-order chi connectivity index (χ1) is 18.5. The minimum Gasteiger partial charge on any atom is -0.493 e. The molecule has 188 valence electrons. The van der Waals surface area contributed by atoms with Crippen LogP contribution in [0.4, 0.5) is 0 Å². The van der Waals surface area contributed by atoms with E-state index < -0.39 is 11.9 Å². The predicted octanol–water partition coefficient (Wildman–Crippen LogP) is 7.37. The van der Waals surface area contributed by atoms with Crippen molar-refractivity contribution in [2.24, 2.45) is 0 Å². The van der Waals surface area contributed by atoms with Crippen LogP contribution in [0.15, 0.2) is 101 Å². The number of hydrogen-bond acceptors (Lipinski definition) is 4. The van der Waals surface area contributed by atoms with Crippen molar-refractivity contribution in [3.05, 3.63) is 108 Å². The molecule has 0 aliphatic rings. The zero-order chi connectivity index (χ0) is 26.2. The molecule has 0 spiro atoms. The maximum Gasteiger partial charge on any atom is 0.303 e. The number of methoxy groups -OCH3 is 1. The molecule has 6 heteroatoms. The fourth-order valence-corrected chi connectivity index (χ4v) is 5.27. The minimum atomic E-state index is -0.958. The van der Waals surface area contributed by atoms with Crippen LogP contribution in [0, 0.1) is 0 Å². The summed E-state index contributed by atoms with van der Waals surface area (Å²) in [6.07, 6.45) is -0.146. The summed E-state index contributed by atoms with van der Waals surface area (Å²) >= 11 is 0. The van der Waals surface area contributed by atoms with Crippen LogP contribution in [-0.4, -0.2) is 28.5 Å². The number of para-hydroxylation sites is 3. The second-order valence-electron chi connectivity index (χ2n) is 9.37. The SMILES string of the molecule is COc1cccc2cc(C(=O)CC(CC(=O)O)c3ccc(-n4c5ccccc5c5ccccc54)cc3)oc12. The van der Waals surface area contributed by atoms with Gasteiger partial charge in [-0.2, -0.15) is 0 Å². The van der Waals surface area contributed by atoms with E-state index in [1.807, 2.05) is 60.7 Å². The molecule has 0 aliphatic heterocycles. The highest BCUT2D eigenvalue weighted by molar-refractivity contribution is 6.09. The Balaban J connectivity index is 1.33. The van der Waals surface area contributed by atoms with E-state index in [2.05, 4.69) is 28.8 Å². The fourth-order valence-electron chi connectivity index (χ4n) is 5.27. The number of ether oxygens (including phenoxy) is 1. The molecule has 4 aromatic carbocycles. The van der Waals surface area contributed by atoms with E-state index in [-0.39, 0.29) is 24.4 Å². The molecular weight excluding hydrogens is 478 g/mol. The number of carboxylic acid groups (broad SMARTS) is 1. The molecule has 0 amide bonds. The zero-order valence-electron chi connectivity index (χ0n) is 20.8. The number of rotatable bonds is 8. The van der Waals surface area contributed by atoms with Crippen molar-refractivity contribution >= 4 is 44.5 Å². The van der Waals surface area contributed by atoms with Crippen LogP contribution in [0.3, 0.4) is 0 Å². The lowest BCUT2D eigenvalue weighted by molar-refractivity contribution is -0.137. The number of carboxylic acids is 1. The molecule has 2 heterocycles. The van der Waals surface area contributed by atoms with Crippen molar-refractivity contribution in [3.8, 4) is 11.4 Å². The summed E-state index contributed by atoms with van der Waals surface area (Å²) in [7, 11) is 1.55. The van der Waals surface area contributed by atoms with Crippen molar-refractivity contribution in [3.63, 3.8) is 0 Å². The summed E-state index contributed by atoms with van der Waals surface area (Å²) in [6.45, 7) is 0. The minimum absolute atomic E-state index is 0.0170. The molecule has 1 unspecified atom stereocenters. The smallest absolute Gasteiger partial charge is 0.303 e. The van der Waals surface area contributed by atoms with Gasteiger partial charge in [-0.25, -0.2) is 0 Å². The molecule has 0 aliphatic carbocycles. The number of aromatic nitrogens is 1. The van der Waals surface area contributed by atoms with Gasteiger partial charge in [0.2, 0.25) is 0 Å². The van der Waals surface area contributed by atoms with Gasteiger partial charge in [0, 0.05) is 34.2 Å². The molecule has 38 heavy (non-hydrogen) atoms. The normalized spacial score (nSPS) is 12.2. The molecule has 2 aromatic heterocycles. The Hall–Kier alpha value is -4.84. The molecule has 0 saturated heterocycles. The number of fused-ring (bicyclic) bond motifs is 4. The van der Waals surface area contributed by atoms with Crippen LogP contribution in [0.5, 0.6) is 5.75 Å². The van der Waals surface area contributed by atoms with Crippen molar-refractivity contribution in [1.82, 2.24) is 4.57 Å². The molecule has 1 N–H and O–H groups in total. The zero-order valence-corrected chi connectivity index (χ0v) is 20.8. The number of carbonyl (C=O) groups is 2. The Morgan fingerprint density at radius 1 is 0.842 bits per heavy atom. The topological polar surface area (TPSA) is 81.7 Å². The molecule has 6 aromatic rings. The van der Waals surface area contributed by atoms with Crippen LogP contribution in [0.2, 0.25) is 0 Å². The van der Waals surface area contributed by atoms with E-state index >= 15 is 0 Å². The average molecular weight is 504 g/mol. The maximum absolute atomic E-state index is 13.2. The summed E-state index contributed by atoms with van der Waals surface area (Å²) in [5.74, 6) is -0.963. The van der Waals surface area contributed by atoms with Crippen LogP contribution < -0.4 is 4.74 Å². The largest absolute Gasteiger partial charge is 0.493 e. The third-order valence-electron chi connectivity index (χ3n) is 7.06. The van der Waals surface area contributed by atoms with E-state index in [9.17, 15) is 14.7 Å². The lowest BCUT2D eigenvalue weighted by Crippen LogP contribution is -2.12. The van der Waals surface area contributed by atoms with Gasteiger partial charge in [0.15, 0.2) is 22.9 Å². The van der Waals surface area contributed by atoms with Crippen LogP contribution >= 0.6 is 0 Å². The number of nitrogens with zero attached hydrogens (tertiary/aromatic N) is 1. The Bertz CT molecular complexity index is 1760. The number of Topliss-reactive ketones (excluding diaryl/α,β-unsaturated/α-hetero) is 1. The number of furan rings is 1. The summed E-state index contributed by atoms with van der Waals surface area (Å²) < 4.78 is 13.4. The third-order valence-corrected chi connectivity index (χ3v) is 7.06. The van der Waals surface area contributed by atoms with E-state index in [4.69, 9.17) is 9.15 Å². The second kappa shape index (κ2) is 9.56. The number of benzene rings is 4. The molecule has 0 bridgehead atoms. The highest BCUT2D eigenvalue weighted by Gasteiger charge is 2.23. The van der Waals surface area contributed by atoms with Gasteiger partial charge in [-0.05, 0) is 42.0 Å². The van der Waals surface area contributed by atoms with Crippen molar-refractivity contribution < 1.29 is 23.8 Å². The first-order valence-corrected chi connectivity index (χ1v) is 12.4. The van der Waals surface area contributed by atoms with Crippen LogP contribution in [0.1, 0.15) is 34.9 Å². The first-order valence-electron chi connectivity index (χ1n) is 12.4. The van der Waals surface area contributed by atoms with Crippen LogP contribution in [0.25, 0.3) is 38.5 Å². The van der Waals surface area contributed by atoms with Gasteiger partial charge in [-0.1, -0.05) is 60.7 Å². The van der Waals surface area contributed by atoms with Gasteiger partial charge in [-0.3, -0.25) is 9.59 Å². The second-order valence-corrected chi connectivity index (χ2v) is 9.37. The number of ketones is 1. The van der Waals surface area contributed by atoms with E-state index in [1.165, 1.54) is 10.8 Å². The van der Waals surface area contributed by atoms with Gasteiger partial charge in [0.25, 0.3) is 0 Å².